The van der Waals surface area contributed by atoms with Crippen LogP contribution in [0.3, 0.4) is 0 Å². The smallest absolute Gasteiger partial charge is 0.283 e. The molecule has 2 aliphatic heterocycles. The molecule has 1 fully saturated rings. The lowest BCUT2D eigenvalue weighted by atomic mass is 9.97. The van der Waals surface area contributed by atoms with E-state index < -0.39 is 17.4 Å². The number of aromatic amines is 1. The average molecular weight is 635 g/mol. The van der Waals surface area contributed by atoms with E-state index in [4.69, 9.17) is 4.98 Å². The summed E-state index contributed by atoms with van der Waals surface area (Å²) in [5.41, 5.74) is 4.45. The molecule has 47 heavy (non-hydrogen) atoms. The fourth-order valence-electron chi connectivity index (χ4n) is 7.15. The van der Waals surface area contributed by atoms with Gasteiger partial charge < -0.3 is 14.7 Å². The van der Waals surface area contributed by atoms with Gasteiger partial charge in [-0.3, -0.25) is 29.0 Å². The second-order valence-corrected chi connectivity index (χ2v) is 12.7. The number of benzene rings is 1. The Bertz CT molecular complexity index is 2220. The van der Waals surface area contributed by atoms with Crippen molar-refractivity contribution in [1.29, 1.82) is 0 Å². The van der Waals surface area contributed by atoms with Crippen molar-refractivity contribution in [2.45, 2.75) is 52.6 Å². The molecule has 2 aliphatic rings. The summed E-state index contributed by atoms with van der Waals surface area (Å²) in [5.74, 6) is -1.27. The Morgan fingerprint density at radius 3 is 2.57 bits per heavy atom. The summed E-state index contributed by atoms with van der Waals surface area (Å²) in [6.45, 7) is 13.6. The Kier molecular flexibility index (Phi) is 6.99. The van der Waals surface area contributed by atoms with Crippen LogP contribution >= 0.6 is 0 Å². The van der Waals surface area contributed by atoms with Gasteiger partial charge in [-0.15, -0.1) is 0 Å². The molecule has 4 aromatic heterocycles. The van der Waals surface area contributed by atoms with Crippen molar-refractivity contribution in [1.82, 2.24) is 29.6 Å². The Labute approximate surface area is 270 Å². The molecule has 0 saturated carbocycles. The van der Waals surface area contributed by atoms with Crippen molar-refractivity contribution in [3.63, 3.8) is 0 Å². The maximum Gasteiger partial charge on any atom is 0.283 e. The average Bonchev–Trinajstić information content (AvgIpc) is 3.52. The summed E-state index contributed by atoms with van der Waals surface area (Å²) in [4.78, 5) is 56.1. The zero-order valence-corrected chi connectivity index (χ0v) is 27.1. The number of carbonyl (C=O) groups is 2. The molecule has 1 aromatic carbocycles. The van der Waals surface area contributed by atoms with Crippen molar-refractivity contribution < 1.29 is 14.0 Å². The highest BCUT2D eigenvalue weighted by atomic mass is 19.1. The van der Waals surface area contributed by atoms with Gasteiger partial charge in [0.2, 0.25) is 5.91 Å². The predicted molar refractivity (Wildman–Crippen MR) is 180 cm³/mol. The molecule has 11 nitrogen and oxygen atoms in total. The molecule has 7 rings (SSSR count). The number of pyridine rings is 3. The Hall–Kier alpha value is -5.39. The number of nitrogens with zero attached hydrogens (tertiary/aromatic N) is 7. The highest BCUT2D eigenvalue weighted by Crippen LogP contribution is 2.43. The monoisotopic (exact) mass is 634 g/mol. The first-order valence-corrected chi connectivity index (χ1v) is 15.6. The van der Waals surface area contributed by atoms with Crippen molar-refractivity contribution in [2.24, 2.45) is 0 Å². The summed E-state index contributed by atoms with van der Waals surface area (Å²) in [6.07, 6.45) is 4.58. The van der Waals surface area contributed by atoms with Gasteiger partial charge in [-0.05, 0) is 62.1 Å². The summed E-state index contributed by atoms with van der Waals surface area (Å²) < 4.78 is 18.1. The summed E-state index contributed by atoms with van der Waals surface area (Å²) >= 11 is 0. The van der Waals surface area contributed by atoms with Crippen molar-refractivity contribution in [3.05, 3.63) is 82.3 Å². The molecule has 0 aliphatic carbocycles. The van der Waals surface area contributed by atoms with Crippen LogP contribution in [0.1, 0.15) is 43.5 Å². The standard InChI is InChI=1S/C35H35FN8O3/c1-8-26(45)42-16-25-34(46)41(7)32-31(43(25)15-20(42)6)21-13-23(36)29(27-18(4)9-10-24-22(27)14-38-40-24)39-33(21)44(35(32)47)30-19(5)11-12-37-28(30)17(2)3/h8-14,17,20,25H,1,15-16H2,2-7H3,(H,38,40). The number of nitrogens with one attached hydrogen (secondary N) is 1. The SMILES string of the molecule is C=CC(=O)N1CC2C(=O)N(C)c3c(c4cc(F)c(-c5c(C)ccc6[nH]ncc56)nc4n(-c4c(C)ccnc4C(C)C)c3=O)N2CC1C. The van der Waals surface area contributed by atoms with Crippen LogP contribution in [-0.4, -0.2) is 73.7 Å². The molecule has 2 atom stereocenters. The summed E-state index contributed by atoms with van der Waals surface area (Å²) in [6, 6.07) is 5.89. The highest BCUT2D eigenvalue weighted by Gasteiger charge is 2.46. The van der Waals surface area contributed by atoms with Crippen molar-refractivity contribution in [2.75, 3.05) is 29.9 Å². The van der Waals surface area contributed by atoms with E-state index in [0.29, 0.717) is 33.4 Å². The van der Waals surface area contributed by atoms with E-state index >= 15 is 4.39 Å². The molecule has 1 N–H and O–H groups in total. The molecule has 12 heteroatoms. The number of aryl methyl sites for hydroxylation is 2. The Morgan fingerprint density at radius 2 is 1.85 bits per heavy atom. The van der Waals surface area contributed by atoms with Crippen LogP contribution in [0.5, 0.6) is 0 Å². The number of fused-ring (bicyclic) bond motifs is 6. The summed E-state index contributed by atoms with van der Waals surface area (Å²) in [7, 11) is 1.55. The van der Waals surface area contributed by atoms with Crippen molar-refractivity contribution in [3.8, 4) is 16.9 Å². The quantitative estimate of drug-likeness (QED) is 0.283. The Morgan fingerprint density at radius 1 is 1.09 bits per heavy atom. The maximum absolute atomic E-state index is 16.6. The number of likely N-dealkylation sites (N-methyl/N-ethyl adjacent to an activating group) is 1. The van der Waals surface area contributed by atoms with Crippen LogP contribution in [0.4, 0.5) is 15.8 Å². The van der Waals surface area contributed by atoms with Crippen LogP contribution in [-0.2, 0) is 9.59 Å². The number of carbonyl (C=O) groups excluding carboxylic acids is 2. The number of piperazine rings is 1. The lowest BCUT2D eigenvalue weighted by molar-refractivity contribution is -0.130. The maximum atomic E-state index is 16.6. The molecule has 0 radical (unpaired) electrons. The fourth-order valence-corrected chi connectivity index (χ4v) is 7.15. The number of rotatable bonds is 4. The first-order chi connectivity index (χ1) is 22.4. The van der Waals surface area contributed by atoms with Crippen molar-refractivity contribution >= 4 is 45.1 Å². The van der Waals surface area contributed by atoms with Gasteiger partial charge in [0.1, 0.15) is 23.2 Å². The molecule has 240 valence electrons. The first-order valence-electron chi connectivity index (χ1n) is 15.6. The largest absolute Gasteiger partial charge is 0.354 e. The third kappa shape index (κ3) is 4.38. The minimum absolute atomic E-state index is 0.0650. The molecule has 0 spiro atoms. The van der Waals surface area contributed by atoms with E-state index in [1.807, 2.05) is 57.7 Å². The third-order valence-corrected chi connectivity index (χ3v) is 9.48. The van der Waals surface area contributed by atoms with Crippen LogP contribution in [0.15, 0.2) is 54.1 Å². The van der Waals surface area contributed by atoms with Gasteiger partial charge in [0.25, 0.3) is 11.5 Å². The van der Waals surface area contributed by atoms with E-state index in [0.717, 1.165) is 16.6 Å². The molecular formula is C35H35FN8O3. The minimum Gasteiger partial charge on any atom is -0.354 e. The molecular weight excluding hydrogens is 599 g/mol. The number of hydrogen-bond acceptors (Lipinski definition) is 7. The number of hydrogen-bond donors (Lipinski definition) is 1. The fraction of sp³-hybridized carbons (Fsp3) is 0.314. The lowest BCUT2D eigenvalue weighted by Gasteiger charge is -2.49. The van der Waals surface area contributed by atoms with Crippen LogP contribution in [0.2, 0.25) is 0 Å². The molecule has 1 saturated heterocycles. The lowest BCUT2D eigenvalue weighted by Crippen LogP contribution is -2.66. The van der Waals surface area contributed by atoms with Gasteiger partial charge in [-0.1, -0.05) is 26.5 Å². The highest BCUT2D eigenvalue weighted by molar-refractivity contribution is 6.12. The second kappa shape index (κ2) is 10.9. The van der Waals surface area contributed by atoms with E-state index in [1.165, 1.54) is 21.6 Å². The zero-order chi connectivity index (χ0) is 33.5. The number of H-pyrrole nitrogens is 1. The van der Waals surface area contributed by atoms with Gasteiger partial charge in [-0.2, -0.15) is 5.10 Å². The van der Waals surface area contributed by atoms with Crippen LogP contribution in [0, 0.1) is 19.7 Å². The number of halogens is 1. The number of anilines is 2. The summed E-state index contributed by atoms with van der Waals surface area (Å²) in [5, 5.41) is 8.19. The topological polar surface area (TPSA) is 120 Å². The molecule has 5 aromatic rings. The van der Waals surface area contributed by atoms with Gasteiger partial charge in [0.05, 0.1) is 35.3 Å². The van der Waals surface area contributed by atoms with E-state index in [-0.39, 0.29) is 53.9 Å². The number of amides is 2. The second-order valence-electron chi connectivity index (χ2n) is 12.7. The van der Waals surface area contributed by atoms with Gasteiger partial charge in [0, 0.05) is 42.2 Å². The van der Waals surface area contributed by atoms with E-state index in [2.05, 4.69) is 21.8 Å². The van der Waals surface area contributed by atoms with Gasteiger partial charge in [-0.25, -0.2) is 9.37 Å². The normalized spacial score (nSPS) is 17.9. The third-order valence-electron chi connectivity index (χ3n) is 9.48. The molecule has 0 bridgehead atoms. The predicted octanol–water partition coefficient (Wildman–Crippen LogP) is 4.77. The van der Waals surface area contributed by atoms with Crippen LogP contribution < -0.4 is 15.4 Å². The minimum atomic E-state index is -0.790. The van der Waals surface area contributed by atoms with Gasteiger partial charge in [0.15, 0.2) is 5.65 Å². The molecule has 6 heterocycles. The molecule has 2 unspecified atom stereocenters. The zero-order valence-electron chi connectivity index (χ0n) is 27.1. The van der Waals surface area contributed by atoms with Gasteiger partial charge >= 0.3 is 0 Å². The van der Waals surface area contributed by atoms with E-state index in [9.17, 15) is 14.4 Å². The Balaban J connectivity index is 1.62. The van der Waals surface area contributed by atoms with Crippen LogP contribution in [0.25, 0.3) is 38.9 Å². The molecule has 2 amide bonds. The first kappa shape index (κ1) is 30.3. The number of aromatic nitrogens is 5. The van der Waals surface area contributed by atoms with E-state index in [1.54, 1.807) is 24.3 Å².